The molecule has 0 amide bonds. The highest BCUT2D eigenvalue weighted by Crippen LogP contribution is 2.27. The van der Waals surface area contributed by atoms with E-state index in [1.54, 1.807) is 6.07 Å². The highest BCUT2D eigenvalue weighted by atomic mass is 19.4. The Morgan fingerprint density at radius 2 is 1.88 bits per heavy atom. The second-order valence-corrected chi connectivity index (χ2v) is 8.10. The molecule has 1 unspecified atom stereocenters. The first-order valence-electron chi connectivity index (χ1n) is 10.5. The van der Waals surface area contributed by atoms with Crippen molar-refractivity contribution in [2.45, 2.75) is 31.7 Å². The molecule has 1 aliphatic rings. The summed E-state index contributed by atoms with van der Waals surface area (Å²) in [7, 11) is 4.22. The van der Waals surface area contributed by atoms with E-state index in [4.69, 9.17) is 4.42 Å². The van der Waals surface area contributed by atoms with Crippen molar-refractivity contribution in [3.8, 4) is 17.2 Å². The summed E-state index contributed by atoms with van der Waals surface area (Å²) >= 11 is 0. The third-order valence-electron chi connectivity index (χ3n) is 5.60. The van der Waals surface area contributed by atoms with Gasteiger partial charge in [-0.1, -0.05) is 12.1 Å². The van der Waals surface area contributed by atoms with Gasteiger partial charge in [0.05, 0.1) is 0 Å². The first-order valence-corrected chi connectivity index (χ1v) is 10.5. The number of alkyl halides is 3. The van der Waals surface area contributed by atoms with Gasteiger partial charge in [-0.05, 0) is 68.9 Å². The lowest BCUT2D eigenvalue weighted by atomic mass is 10.1. The third-order valence-corrected chi connectivity index (χ3v) is 5.60. The molecule has 4 rings (SSSR count). The Bertz CT molecular complexity index is 1030. The normalized spacial score (nSPS) is 16.7. The summed E-state index contributed by atoms with van der Waals surface area (Å²) in [6, 6.07) is 14.5. The van der Waals surface area contributed by atoms with Gasteiger partial charge in [0.2, 0.25) is 11.8 Å². The zero-order valence-electron chi connectivity index (χ0n) is 18.0. The minimum Gasteiger partial charge on any atom is -0.421 e. The molecule has 0 bridgehead atoms. The van der Waals surface area contributed by atoms with Crippen LogP contribution in [0.25, 0.3) is 11.5 Å². The van der Waals surface area contributed by atoms with Gasteiger partial charge in [0, 0.05) is 36.8 Å². The Kier molecular flexibility index (Phi) is 6.36. The van der Waals surface area contributed by atoms with Crippen molar-refractivity contribution < 1.29 is 22.3 Å². The molecule has 9 heteroatoms. The molecule has 3 aromatic rings. The minimum absolute atomic E-state index is 0.240. The summed E-state index contributed by atoms with van der Waals surface area (Å²) in [5.41, 5.74) is 2.69. The van der Waals surface area contributed by atoms with Crippen LogP contribution in [0, 0.1) is 0 Å². The molecule has 170 valence electrons. The number of aromatic nitrogens is 2. The summed E-state index contributed by atoms with van der Waals surface area (Å²) in [4.78, 5) is 4.62. The van der Waals surface area contributed by atoms with Crippen molar-refractivity contribution in [2.75, 3.05) is 32.1 Å². The van der Waals surface area contributed by atoms with E-state index in [2.05, 4.69) is 51.0 Å². The average molecular weight is 446 g/mol. The van der Waals surface area contributed by atoms with Crippen LogP contribution in [0.1, 0.15) is 17.9 Å². The number of benzene rings is 2. The highest BCUT2D eigenvalue weighted by Gasteiger charge is 2.31. The SMILES string of the molecule is CN(C)C1CCN(c2ccc(-c3nnc(CCc4cccc(OC(F)(F)F)c4)o3)cc2)C1. The molecule has 1 atom stereocenters. The van der Waals surface area contributed by atoms with Gasteiger partial charge in [-0.3, -0.25) is 0 Å². The predicted molar refractivity (Wildman–Crippen MR) is 115 cm³/mol. The number of rotatable bonds is 7. The topological polar surface area (TPSA) is 54.6 Å². The Hall–Kier alpha value is -3.07. The van der Waals surface area contributed by atoms with E-state index in [0.29, 0.717) is 36.2 Å². The number of aryl methyl sites for hydroxylation is 2. The molecule has 32 heavy (non-hydrogen) atoms. The maximum absolute atomic E-state index is 12.4. The lowest BCUT2D eigenvalue weighted by molar-refractivity contribution is -0.274. The molecular formula is C23H25F3N4O2. The summed E-state index contributed by atoms with van der Waals surface area (Å²) in [6.45, 7) is 2.04. The van der Waals surface area contributed by atoms with Crippen LogP contribution in [-0.4, -0.2) is 54.7 Å². The number of likely N-dealkylation sites (N-methyl/N-ethyl adjacent to an activating group) is 1. The summed E-state index contributed by atoms with van der Waals surface area (Å²) in [6.07, 6.45) is -2.69. The first kappa shape index (κ1) is 22.1. The summed E-state index contributed by atoms with van der Waals surface area (Å²) < 4.78 is 46.9. The fourth-order valence-electron chi connectivity index (χ4n) is 3.83. The van der Waals surface area contributed by atoms with E-state index >= 15 is 0 Å². The summed E-state index contributed by atoms with van der Waals surface area (Å²) in [5, 5.41) is 8.19. The minimum atomic E-state index is -4.71. The van der Waals surface area contributed by atoms with Crippen molar-refractivity contribution >= 4 is 5.69 Å². The van der Waals surface area contributed by atoms with Crippen LogP contribution in [-0.2, 0) is 12.8 Å². The number of nitrogens with zero attached hydrogens (tertiary/aromatic N) is 4. The van der Waals surface area contributed by atoms with Crippen LogP contribution in [0.2, 0.25) is 0 Å². The maximum atomic E-state index is 12.4. The smallest absolute Gasteiger partial charge is 0.421 e. The third kappa shape index (κ3) is 5.59. The van der Waals surface area contributed by atoms with Crippen molar-refractivity contribution in [1.29, 1.82) is 0 Å². The van der Waals surface area contributed by atoms with Crippen LogP contribution in [0.5, 0.6) is 5.75 Å². The van der Waals surface area contributed by atoms with Gasteiger partial charge in [-0.2, -0.15) is 0 Å². The molecule has 1 aromatic heterocycles. The number of halogens is 3. The lowest BCUT2D eigenvalue weighted by Gasteiger charge is -2.21. The fraction of sp³-hybridized carbons (Fsp3) is 0.391. The van der Waals surface area contributed by atoms with Crippen LogP contribution in [0.3, 0.4) is 0 Å². The Morgan fingerprint density at radius 3 is 2.56 bits per heavy atom. The van der Waals surface area contributed by atoms with Crippen LogP contribution in [0.4, 0.5) is 18.9 Å². The predicted octanol–water partition coefficient (Wildman–Crippen LogP) is 4.56. The first-order chi connectivity index (χ1) is 15.3. The van der Waals surface area contributed by atoms with Crippen LogP contribution in [0.15, 0.2) is 52.9 Å². The largest absolute Gasteiger partial charge is 0.573 e. The van der Waals surface area contributed by atoms with E-state index in [0.717, 1.165) is 25.1 Å². The van der Waals surface area contributed by atoms with Crippen LogP contribution >= 0.6 is 0 Å². The van der Waals surface area contributed by atoms with Crippen molar-refractivity contribution in [1.82, 2.24) is 15.1 Å². The fourth-order valence-corrected chi connectivity index (χ4v) is 3.83. The maximum Gasteiger partial charge on any atom is 0.573 e. The zero-order chi connectivity index (χ0) is 22.7. The van der Waals surface area contributed by atoms with Crippen molar-refractivity contribution in [3.63, 3.8) is 0 Å². The Morgan fingerprint density at radius 1 is 1.09 bits per heavy atom. The Labute approximate surface area is 184 Å². The van der Waals surface area contributed by atoms with Gasteiger partial charge < -0.3 is 19.0 Å². The van der Waals surface area contributed by atoms with E-state index in [9.17, 15) is 13.2 Å². The number of ether oxygens (including phenoxy) is 1. The van der Waals surface area contributed by atoms with Crippen LogP contribution < -0.4 is 9.64 Å². The number of hydrogen-bond donors (Lipinski definition) is 0. The monoisotopic (exact) mass is 446 g/mol. The van der Waals surface area contributed by atoms with E-state index in [1.807, 2.05) is 12.1 Å². The molecule has 2 heterocycles. The second kappa shape index (κ2) is 9.20. The molecule has 0 saturated carbocycles. The molecule has 1 saturated heterocycles. The molecule has 0 N–H and O–H groups in total. The molecule has 1 fully saturated rings. The van der Waals surface area contributed by atoms with E-state index in [-0.39, 0.29) is 5.75 Å². The van der Waals surface area contributed by atoms with Gasteiger partial charge in [-0.25, -0.2) is 0 Å². The van der Waals surface area contributed by atoms with Gasteiger partial charge >= 0.3 is 6.36 Å². The van der Waals surface area contributed by atoms with E-state index in [1.165, 1.54) is 23.9 Å². The second-order valence-electron chi connectivity index (χ2n) is 8.10. The molecule has 0 radical (unpaired) electrons. The highest BCUT2D eigenvalue weighted by molar-refractivity contribution is 5.59. The zero-order valence-corrected chi connectivity index (χ0v) is 18.0. The number of anilines is 1. The Balaban J connectivity index is 1.35. The van der Waals surface area contributed by atoms with Gasteiger partial charge in [0.1, 0.15) is 5.75 Å². The molecule has 0 spiro atoms. The quantitative estimate of drug-likeness (QED) is 0.530. The van der Waals surface area contributed by atoms with Gasteiger partial charge in [0.25, 0.3) is 0 Å². The lowest BCUT2D eigenvalue weighted by Crippen LogP contribution is -2.31. The average Bonchev–Trinajstić information content (AvgIpc) is 3.42. The molecule has 6 nitrogen and oxygen atoms in total. The molecule has 0 aliphatic carbocycles. The van der Waals surface area contributed by atoms with Gasteiger partial charge in [-0.15, -0.1) is 23.4 Å². The molecular weight excluding hydrogens is 421 g/mol. The number of hydrogen-bond acceptors (Lipinski definition) is 6. The van der Waals surface area contributed by atoms with Gasteiger partial charge in [0.15, 0.2) is 0 Å². The van der Waals surface area contributed by atoms with E-state index < -0.39 is 6.36 Å². The standard InChI is InChI=1S/C23H25F3N4O2/c1-29(2)19-12-13-30(15-19)18-9-7-17(8-10-18)22-28-27-21(31-22)11-6-16-4-3-5-20(14-16)32-23(24,25)26/h3-5,7-10,14,19H,6,11-13,15H2,1-2H3. The molecule has 2 aromatic carbocycles. The molecule has 1 aliphatic heterocycles. The van der Waals surface area contributed by atoms with Crippen molar-refractivity contribution in [2.24, 2.45) is 0 Å². The summed E-state index contributed by atoms with van der Waals surface area (Å²) in [5.74, 6) is 0.615. The van der Waals surface area contributed by atoms with Crippen molar-refractivity contribution in [3.05, 3.63) is 60.0 Å².